The van der Waals surface area contributed by atoms with Crippen LogP contribution in [0.2, 0.25) is 5.02 Å². The zero-order valence-electron chi connectivity index (χ0n) is 12.2. The van der Waals surface area contributed by atoms with Crippen molar-refractivity contribution in [3.05, 3.63) is 64.7 Å². The molecule has 2 aromatic rings. The third-order valence-corrected chi connectivity index (χ3v) is 3.77. The van der Waals surface area contributed by atoms with E-state index in [4.69, 9.17) is 21.1 Å². The molecule has 1 fully saturated rings. The summed E-state index contributed by atoms with van der Waals surface area (Å²) >= 11 is 6.16. The summed E-state index contributed by atoms with van der Waals surface area (Å²) in [7, 11) is 0. The standard InChI is InChI=1S/C17H16ClO2.HI.Mg/c18-17-4-2-1-3-14(17)11-13-5-7-15(8-6-13)20-16-9-10-19-12-16;;/h2-8,16H,9-12H2;1H;/q-1;;+2/p-1/t16-;;/m0../s1. The Morgan fingerprint density at radius 1 is 1.23 bits per heavy atom. The van der Waals surface area contributed by atoms with Crippen molar-refractivity contribution in [2.24, 2.45) is 0 Å². The van der Waals surface area contributed by atoms with Crippen molar-refractivity contribution >= 4 is 34.7 Å². The molecule has 112 valence electrons. The molecular weight excluding hydrogens is 423 g/mol. The van der Waals surface area contributed by atoms with Crippen LogP contribution >= 0.6 is 11.6 Å². The van der Waals surface area contributed by atoms with Crippen LogP contribution in [0, 0.1) is 6.07 Å². The van der Waals surface area contributed by atoms with Gasteiger partial charge in [0.15, 0.2) is 0 Å². The Morgan fingerprint density at radius 3 is 2.64 bits per heavy atom. The van der Waals surface area contributed by atoms with Crippen molar-refractivity contribution in [1.82, 2.24) is 0 Å². The van der Waals surface area contributed by atoms with E-state index < -0.39 is 0 Å². The Hall–Kier alpha value is -0.0138. The molecular formula is C17H16ClIMgO2. The van der Waals surface area contributed by atoms with Crippen LogP contribution in [0.1, 0.15) is 17.5 Å². The molecule has 22 heavy (non-hydrogen) atoms. The fourth-order valence-electron chi connectivity index (χ4n) is 2.29. The summed E-state index contributed by atoms with van der Waals surface area (Å²) < 4.78 is 11.1. The molecule has 0 unspecified atom stereocenters. The van der Waals surface area contributed by atoms with E-state index in [-0.39, 0.29) is 53.1 Å². The average molecular weight is 439 g/mol. The molecule has 0 amide bonds. The van der Waals surface area contributed by atoms with Crippen LogP contribution in [0.5, 0.6) is 5.75 Å². The first-order valence-electron chi connectivity index (χ1n) is 6.79. The first-order chi connectivity index (χ1) is 9.81. The topological polar surface area (TPSA) is 18.5 Å². The smallest absolute Gasteiger partial charge is 1.00 e. The summed E-state index contributed by atoms with van der Waals surface area (Å²) in [6, 6.07) is 16.9. The summed E-state index contributed by atoms with van der Waals surface area (Å²) in [5.41, 5.74) is 2.30. The van der Waals surface area contributed by atoms with Crippen molar-refractivity contribution in [3.63, 3.8) is 0 Å². The Balaban J connectivity index is 0.00000121. The summed E-state index contributed by atoms with van der Waals surface area (Å²) in [4.78, 5) is 0. The summed E-state index contributed by atoms with van der Waals surface area (Å²) in [6.45, 7) is 1.49. The number of hydrogen-bond acceptors (Lipinski definition) is 2. The maximum absolute atomic E-state index is 6.16. The summed E-state index contributed by atoms with van der Waals surface area (Å²) in [5, 5.41) is 0.784. The molecule has 5 heteroatoms. The fraction of sp³-hybridized carbons (Fsp3) is 0.294. The molecule has 2 nitrogen and oxygen atoms in total. The summed E-state index contributed by atoms with van der Waals surface area (Å²) in [5.74, 6) is 0.898. The van der Waals surface area contributed by atoms with Gasteiger partial charge in [-0.15, -0.1) is 17.2 Å². The SMILES string of the molecule is Clc1cc[c-]cc1Cc1ccc(O[C@H]2CCOC2)cc1.[I-].[Mg+2]. The quantitative estimate of drug-likeness (QED) is 0.394. The van der Waals surface area contributed by atoms with E-state index in [9.17, 15) is 0 Å². The third-order valence-electron chi connectivity index (χ3n) is 3.40. The van der Waals surface area contributed by atoms with E-state index in [0.29, 0.717) is 6.61 Å². The second-order valence-corrected chi connectivity index (χ2v) is 5.35. The molecule has 0 saturated carbocycles. The number of rotatable bonds is 4. The van der Waals surface area contributed by atoms with Crippen molar-refractivity contribution in [2.45, 2.75) is 18.9 Å². The van der Waals surface area contributed by atoms with Crippen LogP contribution in [0.15, 0.2) is 42.5 Å². The van der Waals surface area contributed by atoms with Gasteiger partial charge in [-0.1, -0.05) is 22.7 Å². The van der Waals surface area contributed by atoms with Gasteiger partial charge >= 0.3 is 23.1 Å². The van der Waals surface area contributed by atoms with E-state index in [1.807, 2.05) is 30.3 Å². The van der Waals surface area contributed by atoms with Gasteiger partial charge in [-0.25, -0.2) is 0 Å². The monoisotopic (exact) mass is 438 g/mol. The van der Waals surface area contributed by atoms with Crippen LogP contribution in [-0.2, 0) is 11.2 Å². The first-order valence-corrected chi connectivity index (χ1v) is 7.17. The maximum Gasteiger partial charge on any atom is 2.00 e. The number of halogens is 2. The second kappa shape index (κ2) is 9.98. The first kappa shape index (κ1) is 20.0. The molecule has 1 aliphatic rings. The second-order valence-electron chi connectivity index (χ2n) is 4.94. The average Bonchev–Trinajstić information content (AvgIpc) is 2.96. The molecule has 0 spiro atoms. The largest absolute Gasteiger partial charge is 2.00 e. The minimum atomic E-state index is 0. The summed E-state index contributed by atoms with van der Waals surface area (Å²) in [6.07, 6.45) is 1.97. The van der Waals surface area contributed by atoms with Crippen molar-refractivity contribution < 1.29 is 33.5 Å². The molecule has 2 aromatic carbocycles. The van der Waals surface area contributed by atoms with Gasteiger partial charge in [0.2, 0.25) is 0 Å². The fourth-order valence-corrected chi connectivity index (χ4v) is 2.47. The maximum atomic E-state index is 6.16. The molecule has 0 aliphatic carbocycles. The van der Waals surface area contributed by atoms with Gasteiger partial charge in [0.1, 0.15) is 11.9 Å². The number of ether oxygens (including phenoxy) is 2. The molecule has 0 aromatic heterocycles. The van der Waals surface area contributed by atoms with Gasteiger partial charge in [-0.2, -0.15) is 24.3 Å². The molecule has 3 rings (SSSR count). The predicted molar refractivity (Wildman–Crippen MR) is 85.1 cm³/mol. The van der Waals surface area contributed by atoms with Gasteiger partial charge in [-0.05, 0) is 18.6 Å². The number of hydrogen-bond donors (Lipinski definition) is 0. The molecule has 1 saturated heterocycles. The van der Waals surface area contributed by atoms with Crippen LogP contribution < -0.4 is 28.7 Å². The van der Waals surface area contributed by atoms with Gasteiger partial charge in [0, 0.05) is 6.42 Å². The zero-order chi connectivity index (χ0) is 13.8. The van der Waals surface area contributed by atoms with E-state index >= 15 is 0 Å². The van der Waals surface area contributed by atoms with E-state index in [1.165, 1.54) is 5.56 Å². The zero-order valence-corrected chi connectivity index (χ0v) is 16.6. The van der Waals surface area contributed by atoms with Crippen LogP contribution in [0.25, 0.3) is 0 Å². The van der Waals surface area contributed by atoms with E-state index in [0.717, 1.165) is 35.8 Å². The van der Waals surface area contributed by atoms with Crippen molar-refractivity contribution in [1.29, 1.82) is 0 Å². The molecule has 1 heterocycles. The minimum absolute atomic E-state index is 0. The Bertz CT molecular complexity index is 571. The van der Waals surface area contributed by atoms with Gasteiger partial charge in [0.05, 0.1) is 13.2 Å². The predicted octanol–water partition coefficient (Wildman–Crippen LogP) is 0.522. The van der Waals surface area contributed by atoms with Crippen LogP contribution in [0.3, 0.4) is 0 Å². The Morgan fingerprint density at radius 2 is 2.00 bits per heavy atom. The van der Waals surface area contributed by atoms with Crippen LogP contribution in [-0.4, -0.2) is 42.4 Å². The van der Waals surface area contributed by atoms with Crippen molar-refractivity contribution in [3.8, 4) is 5.75 Å². The van der Waals surface area contributed by atoms with Gasteiger partial charge in [0.25, 0.3) is 0 Å². The minimum Gasteiger partial charge on any atom is -1.00 e. The van der Waals surface area contributed by atoms with Crippen LogP contribution in [0.4, 0.5) is 0 Å². The van der Waals surface area contributed by atoms with Gasteiger partial charge in [-0.3, -0.25) is 0 Å². The number of benzene rings is 2. The van der Waals surface area contributed by atoms with Gasteiger partial charge < -0.3 is 33.5 Å². The Labute approximate surface area is 169 Å². The molecule has 1 aliphatic heterocycles. The molecule has 0 bridgehead atoms. The molecule has 0 N–H and O–H groups in total. The van der Waals surface area contributed by atoms with Crippen molar-refractivity contribution in [2.75, 3.05) is 13.2 Å². The third kappa shape index (κ3) is 5.56. The van der Waals surface area contributed by atoms with E-state index in [1.54, 1.807) is 0 Å². The normalized spacial score (nSPS) is 16.5. The Kier molecular flexibility index (Phi) is 9.08. The molecule has 1 atom stereocenters. The molecule has 0 radical (unpaired) electrons. The van der Waals surface area contributed by atoms with E-state index in [2.05, 4.69) is 18.2 Å².